The van der Waals surface area contributed by atoms with Crippen LogP contribution in [-0.2, 0) is 21.2 Å². The number of phenols is 2. The van der Waals surface area contributed by atoms with Crippen LogP contribution >= 0.6 is 11.6 Å². The lowest BCUT2D eigenvalue weighted by molar-refractivity contribution is -0.139. The van der Waals surface area contributed by atoms with E-state index in [-0.39, 0.29) is 22.8 Å². The maximum Gasteiger partial charge on any atom is 0.326 e. The van der Waals surface area contributed by atoms with Gasteiger partial charge in [0.2, 0.25) is 10.0 Å². The molecule has 0 aliphatic heterocycles. The van der Waals surface area contributed by atoms with Crippen molar-refractivity contribution in [3.63, 3.8) is 0 Å². The number of carboxylic acid groups (broad SMARTS) is 1. The normalized spacial score (nSPS) is 12.4. The number of benzene rings is 2. The van der Waals surface area contributed by atoms with Gasteiger partial charge in [-0.2, -0.15) is 0 Å². The fourth-order valence-corrected chi connectivity index (χ4v) is 3.31. The summed E-state index contributed by atoms with van der Waals surface area (Å²) in [6.07, 6.45) is -0.190. The molecule has 144 valence electrons. The molecule has 1 unspecified atom stereocenters. The fraction of sp³-hybridized carbons (Fsp3) is 0.125. The predicted molar refractivity (Wildman–Crippen MR) is 95.2 cm³/mol. The van der Waals surface area contributed by atoms with Crippen LogP contribution in [0.15, 0.2) is 41.3 Å². The second-order valence-electron chi connectivity index (χ2n) is 5.58. The third-order valence-electron chi connectivity index (χ3n) is 3.58. The number of aliphatic carboxylic acids is 1. The molecule has 0 aliphatic carbocycles. The second-order valence-corrected chi connectivity index (χ2v) is 7.52. The monoisotopic (exact) mass is 414 g/mol. The summed E-state index contributed by atoms with van der Waals surface area (Å²) in [5, 5.41) is 35.2. The number of hydrogen-bond acceptors (Lipinski definition) is 6. The number of carbonyl (C=O) groups excluding carboxylic acids is 1. The zero-order chi connectivity index (χ0) is 20.4. The molecule has 9 nitrogen and oxygen atoms in total. The Hall–Kier alpha value is -2.82. The van der Waals surface area contributed by atoms with Gasteiger partial charge < -0.3 is 20.6 Å². The summed E-state index contributed by atoms with van der Waals surface area (Å²) in [7, 11) is -4.17. The summed E-state index contributed by atoms with van der Waals surface area (Å²) >= 11 is 5.75. The molecular formula is C16H15ClN2O7S. The molecule has 0 spiro atoms. The van der Waals surface area contributed by atoms with Crippen LogP contribution in [0.4, 0.5) is 0 Å². The number of amides is 1. The van der Waals surface area contributed by atoms with Crippen LogP contribution in [0.2, 0.25) is 5.02 Å². The van der Waals surface area contributed by atoms with Crippen LogP contribution in [0.25, 0.3) is 0 Å². The molecule has 2 rings (SSSR count). The average Bonchev–Trinajstić information content (AvgIpc) is 2.56. The number of nitrogens with one attached hydrogen (secondary N) is 1. The average molecular weight is 415 g/mol. The van der Waals surface area contributed by atoms with Crippen molar-refractivity contribution in [1.29, 1.82) is 0 Å². The molecule has 2 aromatic carbocycles. The van der Waals surface area contributed by atoms with Gasteiger partial charge in [-0.05, 0) is 35.9 Å². The van der Waals surface area contributed by atoms with Crippen LogP contribution in [0.5, 0.6) is 11.5 Å². The van der Waals surface area contributed by atoms with Gasteiger partial charge in [-0.25, -0.2) is 18.4 Å². The van der Waals surface area contributed by atoms with Gasteiger partial charge >= 0.3 is 5.97 Å². The molecule has 0 aromatic heterocycles. The molecule has 6 N–H and O–H groups in total. The Morgan fingerprint density at radius 1 is 1.11 bits per heavy atom. The summed E-state index contributed by atoms with van der Waals surface area (Å²) in [5.74, 6) is -3.01. The minimum atomic E-state index is -4.17. The molecule has 27 heavy (non-hydrogen) atoms. The fourth-order valence-electron chi connectivity index (χ4n) is 2.24. The zero-order valence-corrected chi connectivity index (χ0v) is 15.2. The highest BCUT2D eigenvalue weighted by Gasteiger charge is 2.23. The lowest BCUT2D eigenvalue weighted by Gasteiger charge is -2.15. The Kier molecular flexibility index (Phi) is 5.94. The lowest BCUT2D eigenvalue weighted by Crippen LogP contribution is -2.42. The Morgan fingerprint density at radius 3 is 2.33 bits per heavy atom. The highest BCUT2D eigenvalue weighted by Crippen LogP contribution is 2.25. The van der Waals surface area contributed by atoms with E-state index in [4.69, 9.17) is 16.7 Å². The molecular weight excluding hydrogens is 400 g/mol. The maximum absolute atomic E-state index is 12.3. The van der Waals surface area contributed by atoms with Gasteiger partial charge in [0.05, 0.1) is 5.02 Å². The van der Waals surface area contributed by atoms with Gasteiger partial charge in [0.25, 0.3) is 5.91 Å². The second kappa shape index (κ2) is 7.82. The van der Waals surface area contributed by atoms with E-state index >= 15 is 0 Å². The molecule has 0 saturated carbocycles. The van der Waals surface area contributed by atoms with E-state index < -0.39 is 38.6 Å². The van der Waals surface area contributed by atoms with Crippen LogP contribution in [0.3, 0.4) is 0 Å². The number of carboxylic acids is 1. The minimum absolute atomic E-state index is 0.150. The third kappa shape index (κ3) is 5.09. The van der Waals surface area contributed by atoms with Crippen molar-refractivity contribution in [1.82, 2.24) is 5.32 Å². The van der Waals surface area contributed by atoms with Crippen molar-refractivity contribution in [2.24, 2.45) is 5.14 Å². The number of hydrogen-bond donors (Lipinski definition) is 5. The Balaban J connectivity index is 2.25. The van der Waals surface area contributed by atoms with Crippen LogP contribution in [0.1, 0.15) is 15.9 Å². The summed E-state index contributed by atoms with van der Waals surface area (Å²) in [5.41, 5.74) is 0.197. The SMILES string of the molecule is NS(=O)(=O)c1cc(C(=O)NC(Cc2ccc(O)c(O)c2)C(=O)O)ccc1Cl. The van der Waals surface area contributed by atoms with E-state index in [1.54, 1.807) is 0 Å². The molecule has 0 fully saturated rings. The van der Waals surface area contributed by atoms with E-state index in [2.05, 4.69) is 5.32 Å². The molecule has 1 atom stereocenters. The van der Waals surface area contributed by atoms with Crippen molar-refractivity contribution in [2.45, 2.75) is 17.4 Å². The van der Waals surface area contributed by atoms with Gasteiger partial charge in [-0.15, -0.1) is 0 Å². The largest absolute Gasteiger partial charge is 0.504 e. The zero-order valence-electron chi connectivity index (χ0n) is 13.6. The molecule has 0 aliphatic rings. The predicted octanol–water partition coefficient (Wildman–Crippen LogP) is 0.824. The first-order chi connectivity index (χ1) is 12.5. The summed E-state index contributed by atoms with van der Waals surface area (Å²) in [6, 6.07) is 5.68. The van der Waals surface area contributed by atoms with Gasteiger partial charge in [0.1, 0.15) is 10.9 Å². The van der Waals surface area contributed by atoms with Crippen LogP contribution < -0.4 is 10.5 Å². The topological polar surface area (TPSA) is 167 Å². The third-order valence-corrected chi connectivity index (χ3v) is 4.98. The first kappa shape index (κ1) is 20.5. The smallest absolute Gasteiger partial charge is 0.326 e. The number of phenolic OH excluding ortho intramolecular Hbond substituents is 2. The lowest BCUT2D eigenvalue weighted by atomic mass is 10.0. The number of aromatic hydroxyl groups is 2. The van der Waals surface area contributed by atoms with Gasteiger partial charge in [0, 0.05) is 12.0 Å². The molecule has 0 saturated heterocycles. The standard InChI is InChI=1S/C16H15ClN2O7S/c17-10-3-2-9(7-14(10)27(18,25)26)15(22)19-11(16(23)24)5-8-1-4-12(20)13(21)6-8/h1-4,6-7,11,20-21H,5H2,(H,19,22)(H,23,24)(H2,18,25,26). The number of primary sulfonamides is 1. The van der Waals surface area contributed by atoms with Crippen LogP contribution in [-0.4, -0.2) is 41.7 Å². The van der Waals surface area contributed by atoms with Crippen molar-refractivity contribution in [3.8, 4) is 11.5 Å². The van der Waals surface area contributed by atoms with Crippen molar-refractivity contribution in [2.75, 3.05) is 0 Å². The number of rotatable bonds is 6. The minimum Gasteiger partial charge on any atom is -0.504 e. The number of nitrogens with two attached hydrogens (primary N) is 1. The Labute approximate surface area is 159 Å². The first-order valence-corrected chi connectivity index (χ1v) is 9.28. The first-order valence-electron chi connectivity index (χ1n) is 7.36. The van der Waals surface area contributed by atoms with E-state index in [0.717, 1.165) is 12.1 Å². The van der Waals surface area contributed by atoms with E-state index in [0.29, 0.717) is 5.56 Å². The van der Waals surface area contributed by atoms with E-state index in [9.17, 15) is 33.3 Å². The van der Waals surface area contributed by atoms with Gasteiger partial charge in [-0.3, -0.25) is 4.79 Å². The quantitative estimate of drug-likeness (QED) is 0.436. The number of halogens is 1. The summed E-state index contributed by atoms with van der Waals surface area (Å²) < 4.78 is 23.0. The Bertz CT molecular complexity index is 1010. The highest BCUT2D eigenvalue weighted by molar-refractivity contribution is 7.89. The van der Waals surface area contributed by atoms with E-state index in [1.165, 1.54) is 24.3 Å². The molecule has 1 amide bonds. The van der Waals surface area contributed by atoms with Crippen LogP contribution in [0, 0.1) is 0 Å². The van der Waals surface area contributed by atoms with Crippen molar-refractivity contribution < 1.29 is 33.3 Å². The molecule has 0 heterocycles. The van der Waals surface area contributed by atoms with Gasteiger partial charge in [-0.1, -0.05) is 17.7 Å². The molecule has 2 aromatic rings. The van der Waals surface area contributed by atoms with E-state index in [1.807, 2.05) is 0 Å². The number of sulfonamides is 1. The van der Waals surface area contributed by atoms with Gasteiger partial charge in [0.15, 0.2) is 11.5 Å². The van der Waals surface area contributed by atoms with Crippen molar-refractivity contribution >= 4 is 33.5 Å². The summed E-state index contributed by atoms with van der Waals surface area (Å²) in [6.45, 7) is 0. The number of carbonyl (C=O) groups is 2. The molecule has 11 heteroatoms. The van der Waals surface area contributed by atoms with Crippen molar-refractivity contribution in [3.05, 3.63) is 52.5 Å². The maximum atomic E-state index is 12.3. The highest BCUT2D eigenvalue weighted by atomic mass is 35.5. The molecule has 0 radical (unpaired) electrons. The Morgan fingerprint density at radius 2 is 1.78 bits per heavy atom. The molecule has 0 bridgehead atoms. The summed E-state index contributed by atoms with van der Waals surface area (Å²) in [4.78, 5) is 23.3.